The summed E-state index contributed by atoms with van der Waals surface area (Å²) in [6, 6.07) is 0. The Hall–Kier alpha value is -1.12. The summed E-state index contributed by atoms with van der Waals surface area (Å²) in [5.41, 5.74) is 0. The molecular formula is C6H8O3. The lowest BCUT2D eigenvalue weighted by atomic mass is 10.4. The first-order chi connectivity index (χ1) is 4.20. The van der Waals surface area contributed by atoms with Crippen LogP contribution in [-0.2, 0) is 14.3 Å². The quantitative estimate of drug-likeness (QED) is 0.312. The van der Waals surface area contributed by atoms with E-state index in [4.69, 9.17) is 0 Å². The van der Waals surface area contributed by atoms with Crippen molar-refractivity contribution in [3.8, 4) is 0 Å². The first-order valence-corrected chi connectivity index (χ1v) is 2.42. The van der Waals surface area contributed by atoms with Crippen LogP contribution in [0.15, 0.2) is 11.8 Å². The molecule has 0 aromatic heterocycles. The first-order valence-electron chi connectivity index (χ1n) is 2.42. The van der Waals surface area contributed by atoms with Crippen molar-refractivity contribution >= 4 is 12.1 Å². The smallest absolute Gasteiger partial charge is 0.184 e. The average Bonchev–Trinajstić information content (AvgIpc) is 1.82. The Morgan fingerprint density at radius 3 is 2.22 bits per heavy atom. The van der Waals surface area contributed by atoms with Crippen LogP contribution in [0.5, 0.6) is 0 Å². The van der Waals surface area contributed by atoms with Gasteiger partial charge in [-0.3, -0.25) is 9.59 Å². The normalized spacial score (nSPS) is 10.7. The highest BCUT2D eigenvalue weighted by atomic mass is 16.5. The van der Waals surface area contributed by atoms with E-state index in [2.05, 4.69) is 4.74 Å². The maximum atomic E-state index is 10.3. The second kappa shape index (κ2) is 3.83. The molecule has 0 aliphatic rings. The van der Waals surface area contributed by atoms with Crippen molar-refractivity contribution < 1.29 is 14.3 Å². The van der Waals surface area contributed by atoms with Gasteiger partial charge in [0.1, 0.15) is 0 Å². The van der Waals surface area contributed by atoms with E-state index in [1.807, 2.05) is 0 Å². The van der Waals surface area contributed by atoms with Gasteiger partial charge in [0.15, 0.2) is 17.8 Å². The maximum Gasteiger partial charge on any atom is 0.184 e. The zero-order valence-corrected chi connectivity index (χ0v) is 5.38. The molecule has 0 rings (SSSR count). The number of ketones is 1. The van der Waals surface area contributed by atoms with Crippen molar-refractivity contribution in [2.45, 2.75) is 6.92 Å². The summed E-state index contributed by atoms with van der Waals surface area (Å²) in [5.74, 6) is -0.138. The predicted molar refractivity (Wildman–Crippen MR) is 31.8 cm³/mol. The number of rotatable bonds is 3. The van der Waals surface area contributed by atoms with E-state index >= 15 is 0 Å². The standard InChI is InChI=1S/C6H8O3/c1-5(8)3-6(4-7)9-2/h3-4H,1-2H3. The molecule has 3 nitrogen and oxygen atoms in total. The molecule has 0 unspecified atom stereocenters. The lowest BCUT2D eigenvalue weighted by molar-refractivity contribution is -0.113. The van der Waals surface area contributed by atoms with Crippen molar-refractivity contribution in [3.05, 3.63) is 11.8 Å². The summed E-state index contributed by atoms with van der Waals surface area (Å²) in [5, 5.41) is 0. The molecule has 0 aliphatic heterocycles. The van der Waals surface area contributed by atoms with Gasteiger partial charge < -0.3 is 4.74 Å². The van der Waals surface area contributed by atoms with Gasteiger partial charge in [0.05, 0.1) is 7.11 Å². The first kappa shape index (κ1) is 7.88. The van der Waals surface area contributed by atoms with Gasteiger partial charge in [0, 0.05) is 6.08 Å². The van der Waals surface area contributed by atoms with E-state index in [9.17, 15) is 9.59 Å². The number of allylic oxidation sites excluding steroid dienone is 2. The minimum absolute atomic E-state index is 0.0579. The molecule has 0 fully saturated rings. The maximum absolute atomic E-state index is 10.3. The van der Waals surface area contributed by atoms with Crippen molar-refractivity contribution in [2.24, 2.45) is 0 Å². The molecule has 0 saturated heterocycles. The molecule has 9 heavy (non-hydrogen) atoms. The lowest BCUT2D eigenvalue weighted by Crippen LogP contribution is -1.92. The van der Waals surface area contributed by atoms with Gasteiger partial charge in [0.2, 0.25) is 0 Å². The largest absolute Gasteiger partial charge is 0.493 e. The van der Waals surface area contributed by atoms with Crippen LogP contribution in [0.25, 0.3) is 0 Å². The predicted octanol–water partition coefficient (Wildman–Crippen LogP) is 0.305. The number of carbonyl (C=O) groups is 2. The van der Waals surface area contributed by atoms with E-state index in [0.717, 1.165) is 6.08 Å². The summed E-state index contributed by atoms with van der Waals surface area (Å²) in [6.07, 6.45) is 1.62. The van der Waals surface area contributed by atoms with Crippen LogP contribution in [-0.4, -0.2) is 19.2 Å². The van der Waals surface area contributed by atoms with Crippen LogP contribution in [0, 0.1) is 0 Å². The molecule has 0 spiro atoms. The molecule has 0 N–H and O–H groups in total. The zero-order valence-electron chi connectivity index (χ0n) is 5.38. The fraction of sp³-hybridized carbons (Fsp3) is 0.333. The van der Waals surface area contributed by atoms with E-state index in [-0.39, 0.29) is 11.5 Å². The Kier molecular flexibility index (Phi) is 3.35. The number of carbonyl (C=O) groups excluding carboxylic acids is 2. The molecule has 0 aromatic rings. The van der Waals surface area contributed by atoms with E-state index in [1.165, 1.54) is 14.0 Å². The summed E-state index contributed by atoms with van der Waals surface area (Å²) < 4.78 is 4.48. The zero-order chi connectivity index (χ0) is 7.28. The second-order valence-electron chi connectivity index (χ2n) is 1.48. The van der Waals surface area contributed by atoms with Gasteiger partial charge in [-0.2, -0.15) is 0 Å². The molecule has 0 heterocycles. The number of methoxy groups -OCH3 is 1. The fourth-order valence-electron chi connectivity index (χ4n) is 0.341. The van der Waals surface area contributed by atoms with Crippen molar-refractivity contribution in [1.29, 1.82) is 0 Å². The Labute approximate surface area is 53.3 Å². The van der Waals surface area contributed by atoms with Gasteiger partial charge in [-0.1, -0.05) is 0 Å². The third-order valence-corrected chi connectivity index (χ3v) is 0.697. The Morgan fingerprint density at radius 2 is 2.11 bits per heavy atom. The third-order valence-electron chi connectivity index (χ3n) is 0.697. The summed E-state index contributed by atoms with van der Waals surface area (Å²) in [7, 11) is 1.34. The molecule has 0 radical (unpaired) electrons. The van der Waals surface area contributed by atoms with E-state index in [1.54, 1.807) is 0 Å². The highest BCUT2D eigenvalue weighted by Crippen LogP contribution is 1.88. The summed E-state index contributed by atoms with van der Waals surface area (Å²) >= 11 is 0. The number of hydrogen-bond acceptors (Lipinski definition) is 3. The van der Waals surface area contributed by atoms with Crippen LogP contribution in [0.3, 0.4) is 0 Å². The Bertz CT molecular complexity index is 146. The van der Waals surface area contributed by atoms with Crippen LogP contribution in [0.2, 0.25) is 0 Å². The van der Waals surface area contributed by atoms with Gasteiger partial charge >= 0.3 is 0 Å². The molecule has 0 amide bonds. The van der Waals surface area contributed by atoms with Crippen molar-refractivity contribution in [1.82, 2.24) is 0 Å². The minimum atomic E-state index is -0.195. The van der Waals surface area contributed by atoms with Crippen LogP contribution in [0.1, 0.15) is 6.92 Å². The summed E-state index contributed by atoms with van der Waals surface area (Å²) in [6.45, 7) is 1.35. The van der Waals surface area contributed by atoms with Gasteiger partial charge in [0.25, 0.3) is 0 Å². The van der Waals surface area contributed by atoms with Gasteiger partial charge in [-0.05, 0) is 6.92 Å². The Morgan fingerprint density at radius 1 is 1.56 bits per heavy atom. The minimum Gasteiger partial charge on any atom is -0.493 e. The monoisotopic (exact) mass is 128 g/mol. The van der Waals surface area contributed by atoms with E-state index < -0.39 is 0 Å². The lowest BCUT2D eigenvalue weighted by Gasteiger charge is -1.92. The molecule has 50 valence electrons. The molecule has 0 atom stereocenters. The molecule has 0 aromatic carbocycles. The van der Waals surface area contributed by atoms with Crippen LogP contribution in [0.4, 0.5) is 0 Å². The molecule has 0 aliphatic carbocycles. The molecular weight excluding hydrogens is 120 g/mol. The number of hydrogen-bond donors (Lipinski definition) is 0. The van der Waals surface area contributed by atoms with Crippen LogP contribution >= 0.6 is 0 Å². The highest BCUT2D eigenvalue weighted by molar-refractivity contribution is 5.92. The SMILES string of the molecule is COC(C=O)=CC(C)=O. The molecule has 0 bridgehead atoms. The van der Waals surface area contributed by atoms with Crippen molar-refractivity contribution in [3.63, 3.8) is 0 Å². The summed E-state index contributed by atoms with van der Waals surface area (Å²) in [4.78, 5) is 20.2. The van der Waals surface area contributed by atoms with Gasteiger partial charge in [-0.25, -0.2) is 0 Å². The number of ether oxygens (including phenoxy) is 1. The van der Waals surface area contributed by atoms with Crippen LogP contribution < -0.4 is 0 Å². The fourth-order valence-corrected chi connectivity index (χ4v) is 0.341. The van der Waals surface area contributed by atoms with Gasteiger partial charge in [-0.15, -0.1) is 0 Å². The second-order valence-corrected chi connectivity index (χ2v) is 1.48. The van der Waals surface area contributed by atoms with Crippen molar-refractivity contribution in [2.75, 3.05) is 7.11 Å². The molecule has 3 heteroatoms. The van der Waals surface area contributed by atoms with E-state index in [0.29, 0.717) is 6.29 Å². The molecule has 0 saturated carbocycles. The topological polar surface area (TPSA) is 43.4 Å². The third kappa shape index (κ3) is 3.46. The Balaban J connectivity index is 4.07. The average molecular weight is 128 g/mol. The highest BCUT2D eigenvalue weighted by Gasteiger charge is 1.92. The number of aldehydes is 1.